The van der Waals surface area contributed by atoms with Gasteiger partial charge in [0.25, 0.3) is 0 Å². The summed E-state index contributed by atoms with van der Waals surface area (Å²) in [6.07, 6.45) is 0.888. The molecule has 3 aromatic heterocycles. The number of aromatic nitrogens is 2. The van der Waals surface area contributed by atoms with E-state index in [9.17, 15) is 0 Å². The summed E-state index contributed by atoms with van der Waals surface area (Å²) in [5, 5.41) is 7.56. The molecular formula is C49H46N2O. The van der Waals surface area contributed by atoms with Crippen LogP contribution in [0.15, 0.2) is 108 Å². The molecule has 52 heavy (non-hydrogen) atoms. The van der Waals surface area contributed by atoms with Gasteiger partial charge in [-0.15, -0.1) is 0 Å². The van der Waals surface area contributed by atoms with Crippen molar-refractivity contribution in [1.29, 1.82) is 0 Å². The lowest BCUT2D eigenvalue weighted by molar-refractivity contribution is 0.590. The van der Waals surface area contributed by atoms with E-state index in [1.807, 2.05) is 0 Å². The molecule has 6 aromatic carbocycles. The summed E-state index contributed by atoms with van der Waals surface area (Å²) in [6.45, 7) is 20.7. The van der Waals surface area contributed by atoms with Crippen LogP contribution in [-0.4, -0.2) is 9.13 Å². The molecule has 0 amide bonds. The third-order valence-corrected chi connectivity index (χ3v) is 11.7. The number of hydrogen-bond donors (Lipinski definition) is 0. The summed E-state index contributed by atoms with van der Waals surface area (Å²) in [6, 6.07) is 39.3. The third-order valence-electron chi connectivity index (χ3n) is 11.7. The molecule has 9 aromatic rings. The minimum absolute atomic E-state index is 0.0611. The van der Waals surface area contributed by atoms with Gasteiger partial charge in [-0.25, -0.2) is 0 Å². The van der Waals surface area contributed by atoms with E-state index in [-0.39, 0.29) is 16.2 Å². The topological polar surface area (TPSA) is 23.0 Å². The second-order valence-corrected chi connectivity index (χ2v) is 18.4. The van der Waals surface area contributed by atoms with Crippen molar-refractivity contribution in [1.82, 2.24) is 9.13 Å². The average molecular weight is 679 g/mol. The molecule has 4 heterocycles. The maximum Gasteiger partial charge on any atom is 0.137 e. The number of furan rings is 1. The monoisotopic (exact) mass is 678 g/mol. The van der Waals surface area contributed by atoms with E-state index in [1.54, 1.807) is 0 Å². The van der Waals surface area contributed by atoms with Crippen LogP contribution >= 0.6 is 0 Å². The Bertz CT molecular complexity index is 2900. The summed E-state index contributed by atoms with van der Waals surface area (Å²) in [5.41, 5.74) is 16.2. The molecule has 0 aliphatic carbocycles. The average Bonchev–Trinajstić information content (AvgIpc) is 3.73. The van der Waals surface area contributed by atoms with Crippen LogP contribution in [0.4, 0.5) is 0 Å². The maximum atomic E-state index is 6.79. The molecule has 0 radical (unpaired) electrons. The molecule has 0 saturated heterocycles. The first-order chi connectivity index (χ1) is 24.6. The number of para-hydroxylation sites is 1. The smallest absolute Gasteiger partial charge is 0.137 e. The zero-order valence-electron chi connectivity index (χ0n) is 31.8. The van der Waals surface area contributed by atoms with Crippen LogP contribution in [-0.2, 0) is 22.7 Å². The standard InChI is InChI=1S/C49H46N2O/c1-47(2,3)30-14-18-41-36(23-30)37-24-31(48(4,5)6)15-19-42(37)50(41)33-16-17-35-38-27-43-28(22-44(38)52-45(35)26-33)20-29-21-32(49(7,8)9)25-39-34-12-10-11-13-40(34)51(43)46(29)39/h10-19,21-27H,20H2,1-9H3. The van der Waals surface area contributed by atoms with Crippen LogP contribution in [0, 0.1) is 0 Å². The summed E-state index contributed by atoms with van der Waals surface area (Å²) in [5.74, 6) is 0. The highest BCUT2D eigenvalue weighted by Crippen LogP contribution is 2.45. The molecule has 1 aliphatic rings. The Hall–Kier alpha value is -5.28. The van der Waals surface area contributed by atoms with Gasteiger partial charge in [0.05, 0.1) is 27.8 Å². The van der Waals surface area contributed by atoms with E-state index in [2.05, 4.69) is 175 Å². The van der Waals surface area contributed by atoms with Gasteiger partial charge >= 0.3 is 0 Å². The lowest BCUT2D eigenvalue weighted by atomic mass is 9.83. The quantitative estimate of drug-likeness (QED) is 0.169. The first kappa shape index (κ1) is 31.5. The Morgan fingerprint density at radius 2 is 1.04 bits per heavy atom. The summed E-state index contributed by atoms with van der Waals surface area (Å²) in [4.78, 5) is 0. The van der Waals surface area contributed by atoms with Gasteiger partial charge in [-0.1, -0.05) is 98.7 Å². The van der Waals surface area contributed by atoms with Crippen LogP contribution in [0.2, 0.25) is 0 Å². The lowest BCUT2D eigenvalue weighted by Gasteiger charge is -2.25. The fourth-order valence-corrected chi connectivity index (χ4v) is 8.77. The van der Waals surface area contributed by atoms with Crippen molar-refractivity contribution in [2.75, 3.05) is 0 Å². The largest absolute Gasteiger partial charge is 0.456 e. The zero-order chi connectivity index (χ0) is 36.1. The van der Waals surface area contributed by atoms with Crippen molar-refractivity contribution >= 4 is 65.6 Å². The van der Waals surface area contributed by atoms with Crippen LogP contribution in [0.5, 0.6) is 0 Å². The first-order valence-electron chi connectivity index (χ1n) is 18.8. The van der Waals surface area contributed by atoms with E-state index < -0.39 is 0 Å². The minimum Gasteiger partial charge on any atom is -0.456 e. The van der Waals surface area contributed by atoms with Crippen LogP contribution in [0.1, 0.15) is 90.1 Å². The van der Waals surface area contributed by atoms with Crippen LogP contribution in [0.3, 0.4) is 0 Å². The highest BCUT2D eigenvalue weighted by molar-refractivity contribution is 6.14. The number of nitrogens with zero attached hydrogens (tertiary/aromatic N) is 2. The predicted octanol–water partition coefficient (Wildman–Crippen LogP) is 13.6. The van der Waals surface area contributed by atoms with Crippen molar-refractivity contribution < 1.29 is 4.42 Å². The van der Waals surface area contributed by atoms with E-state index in [0.717, 1.165) is 34.0 Å². The fourth-order valence-electron chi connectivity index (χ4n) is 8.77. The maximum absolute atomic E-state index is 6.79. The molecule has 0 bridgehead atoms. The van der Waals surface area contributed by atoms with Crippen molar-refractivity contribution in [3.8, 4) is 11.4 Å². The van der Waals surface area contributed by atoms with Crippen molar-refractivity contribution in [2.24, 2.45) is 0 Å². The van der Waals surface area contributed by atoms with Gasteiger partial charge in [0, 0.05) is 50.5 Å². The predicted molar refractivity (Wildman–Crippen MR) is 221 cm³/mol. The molecule has 0 unspecified atom stereocenters. The van der Waals surface area contributed by atoms with Crippen molar-refractivity contribution in [3.05, 3.63) is 131 Å². The SMILES string of the molecule is CC(C)(C)c1ccc2c(c1)c1cc(C(C)(C)C)ccc1n2-c1ccc2c(c1)oc1cc3c(cc12)-n1c2ccccc2c2cc(C(C)(C)C)cc(c21)C3. The molecule has 0 saturated carbocycles. The fraction of sp³-hybridized carbons (Fsp3) is 0.265. The molecule has 3 nitrogen and oxygen atoms in total. The Morgan fingerprint density at radius 1 is 0.442 bits per heavy atom. The van der Waals surface area contributed by atoms with Gasteiger partial charge in [-0.05, 0) is 105 Å². The molecule has 0 N–H and O–H groups in total. The second-order valence-electron chi connectivity index (χ2n) is 18.4. The molecule has 3 heteroatoms. The molecule has 0 fully saturated rings. The number of hydrogen-bond acceptors (Lipinski definition) is 1. The molecule has 10 rings (SSSR count). The normalized spacial score (nSPS) is 13.8. The number of rotatable bonds is 1. The Kier molecular flexibility index (Phi) is 6.16. The van der Waals surface area contributed by atoms with Gasteiger partial charge in [-0.3, -0.25) is 0 Å². The molecular weight excluding hydrogens is 633 g/mol. The Labute approximate surface area is 305 Å². The Balaban J connectivity index is 1.19. The molecule has 258 valence electrons. The molecule has 1 aliphatic heterocycles. The summed E-state index contributed by atoms with van der Waals surface area (Å²) < 4.78 is 11.7. The van der Waals surface area contributed by atoms with E-state index in [4.69, 9.17) is 4.42 Å². The highest BCUT2D eigenvalue weighted by atomic mass is 16.3. The highest BCUT2D eigenvalue weighted by Gasteiger charge is 2.27. The van der Waals surface area contributed by atoms with E-state index in [0.29, 0.717) is 0 Å². The van der Waals surface area contributed by atoms with Gasteiger partial charge in [0.2, 0.25) is 0 Å². The third kappa shape index (κ3) is 4.44. The summed E-state index contributed by atoms with van der Waals surface area (Å²) in [7, 11) is 0. The number of fused-ring (bicyclic) bond motifs is 11. The first-order valence-corrected chi connectivity index (χ1v) is 18.8. The van der Waals surface area contributed by atoms with Gasteiger partial charge in [0.1, 0.15) is 11.2 Å². The van der Waals surface area contributed by atoms with Gasteiger partial charge < -0.3 is 13.6 Å². The molecule has 0 spiro atoms. The second kappa shape index (κ2) is 10.2. The zero-order valence-corrected chi connectivity index (χ0v) is 31.8. The lowest BCUT2D eigenvalue weighted by Crippen LogP contribution is -2.14. The van der Waals surface area contributed by atoms with Crippen molar-refractivity contribution in [3.63, 3.8) is 0 Å². The van der Waals surface area contributed by atoms with Gasteiger partial charge in [0.15, 0.2) is 0 Å². The number of benzene rings is 6. The van der Waals surface area contributed by atoms with Crippen LogP contribution in [0.25, 0.3) is 76.9 Å². The van der Waals surface area contributed by atoms with Gasteiger partial charge in [-0.2, -0.15) is 0 Å². The summed E-state index contributed by atoms with van der Waals surface area (Å²) >= 11 is 0. The van der Waals surface area contributed by atoms with Crippen molar-refractivity contribution in [2.45, 2.75) is 85.0 Å². The Morgan fingerprint density at radius 3 is 1.69 bits per heavy atom. The van der Waals surface area contributed by atoms with E-state index in [1.165, 1.54) is 77.1 Å². The van der Waals surface area contributed by atoms with Crippen LogP contribution < -0.4 is 0 Å². The minimum atomic E-state index is 0.0611. The van der Waals surface area contributed by atoms with E-state index >= 15 is 0 Å². The molecule has 0 atom stereocenters.